The van der Waals surface area contributed by atoms with Crippen molar-refractivity contribution in [1.29, 1.82) is 0 Å². The molecule has 0 bridgehead atoms. The number of nitrogens with zero attached hydrogens (tertiary/aromatic N) is 6. The van der Waals surface area contributed by atoms with Gasteiger partial charge in [0.15, 0.2) is 11.5 Å². The Kier molecular flexibility index (Phi) is 5.41. The van der Waals surface area contributed by atoms with Crippen LogP contribution in [0.25, 0.3) is 39.5 Å². The molecule has 0 aliphatic carbocycles. The van der Waals surface area contributed by atoms with Crippen LogP contribution in [0.4, 0.5) is 19.1 Å². The third-order valence-corrected chi connectivity index (χ3v) is 6.00. The zero-order valence-electron chi connectivity index (χ0n) is 18.9. The third kappa shape index (κ3) is 4.07. The lowest BCUT2D eigenvalue weighted by Crippen LogP contribution is -2.37. The molecule has 36 heavy (non-hydrogen) atoms. The Balaban J connectivity index is 1.58. The van der Waals surface area contributed by atoms with Gasteiger partial charge in [-0.3, -0.25) is 0 Å². The number of halogens is 3. The standard InChI is InChI=1S/C25H20F3N7O/c26-25(27,28)21-15-20(16-5-2-1-3-6-16)35(33-21)24-31-22(18-7-4-8-19-17(18)9-10-29-19)30-23(32-24)34-11-13-36-14-12-34/h1-10,15,29H,11-14H2. The van der Waals surface area contributed by atoms with Crippen molar-refractivity contribution in [3.05, 3.63) is 72.6 Å². The van der Waals surface area contributed by atoms with Crippen LogP contribution in [0, 0.1) is 0 Å². The van der Waals surface area contributed by atoms with Gasteiger partial charge in [0.05, 0.1) is 18.9 Å². The number of benzene rings is 2. The number of morpholine rings is 1. The lowest BCUT2D eigenvalue weighted by molar-refractivity contribution is -0.141. The fourth-order valence-electron chi connectivity index (χ4n) is 4.24. The molecule has 182 valence electrons. The summed E-state index contributed by atoms with van der Waals surface area (Å²) in [5.41, 5.74) is 1.39. The Labute approximate surface area is 203 Å². The molecule has 1 aliphatic heterocycles. The normalized spacial score (nSPS) is 14.5. The number of rotatable bonds is 4. The van der Waals surface area contributed by atoms with Crippen LogP contribution in [0.3, 0.4) is 0 Å². The van der Waals surface area contributed by atoms with Crippen molar-refractivity contribution < 1.29 is 17.9 Å². The molecule has 0 atom stereocenters. The molecule has 6 rings (SSSR count). The first-order valence-electron chi connectivity index (χ1n) is 11.4. The number of fused-ring (bicyclic) bond motifs is 1. The summed E-state index contributed by atoms with van der Waals surface area (Å²) in [6.45, 7) is 2.10. The highest BCUT2D eigenvalue weighted by molar-refractivity contribution is 5.93. The minimum atomic E-state index is -4.63. The molecule has 0 spiro atoms. The van der Waals surface area contributed by atoms with Crippen molar-refractivity contribution >= 4 is 16.9 Å². The van der Waals surface area contributed by atoms with E-state index in [2.05, 4.69) is 20.1 Å². The molecule has 1 aliphatic rings. The lowest BCUT2D eigenvalue weighted by atomic mass is 10.1. The predicted molar refractivity (Wildman–Crippen MR) is 128 cm³/mol. The van der Waals surface area contributed by atoms with Crippen LogP contribution in [-0.4, -0.2) is 56.0 Å². The van der Waals surface area contributed by atoms with E-state index in [1.54, 1.807) is 30.3 Å². The number of anilines is 1. The Morgan fingerprint density at radius 1 is 0.861 bits per heavy atom. The van der Waals surface area contributed by atoms with E-state index in [0.29, 0.717) is 43.6 Å². The fraction of sp³-hybridized carbons (Fsp3) is 0.200. The molecule has 0 amide bonds. The second-order valence-electron chi connectivity index (χ2n) is 8.29. The maximum Gasteiger partial charge on any atom is 0.435 e. The van der Waals surface area contributed by atoms with E-state index in [1.807, 2.05) is 35.4 Å². The predicted octanol–water partition coefficient (Wildman–Crippen LogP) is 4.73. The van der Waals surface area contributed by atoms with Crippen LogP contribution in [-0.2, 0) is 10.9 Å². The van der Waals surface area contributed by atoms with Crippen LogP contribution >= 0.6 is 0 Å². The second kappa shape index (κ2) is 8.76. The van der Waals surface area contributed by atoms with E-state index >= 15 is 0 Å². The molecule has 2 aromatic carbocycles. The molecule has 1 N–H and O–H groups in total. The van der Waals surface area contributed by atoms with E-state index in [0.717, 1.165) is 27.2 Å². The Morgan fingerprint density at radius 3 is 2.42 bits per heavy atom. The van der Waals surface area contributed by atoms with Crippen LogP contribution < -0.4 is 4.90 Å². The van der Waals surface area contributed by atoms with Gasteiger partial charge in [-0.2, -0.15) is 37.9 Å². The zero-order chi connectivity index (χ0) is 24.7. The molecule has 0 saturated carbocycles. The van der Waals surface area contributed by atoms with Gasteiger partial charge in [-0.1, -0.05) is 42.5 Å². The van der Waals surface area contributed by atoms with E-state index in [1.165, 1.54) is 0 Å². The highest BCUT2D eigenvalue weighted by Crippen LogP contribution is 2.34. The molecule has 0 radical (unpaired) electrons. The van der Waals surface area contributed by atoms with Gasteiger partial charge in [0.2, 0.25) is 5.95 Å². The van der Waals surface area contributed by atoms with Crippen LogP contribution in [0.5, 0.6) is 0 Å². The summed E-state index contributed by atoms with van der Waals surface area (Å²) in [4.78, 5) is 19.0. The molecule has 11 heteroatoms. The van der Waals surface area contributed by atoms with Crippen LogP contribution in [0.1, 0.15) is 5.69 Å². The van der Waals surface area contributed by atoms with Crippen molar-refractivity contribution in [2.45, 2.75) is 6.18 Å². The van der Waals surface area contributed by atoms with E-state index in [4.69, 9.17) is 9.72 Å². The molecule has 1 saturated heterocycles. The molecule has 8 nitrogen and oxygen atoms in total. The SMILES string of the molecule is FC(F)(F)c1cc(-c2ccccc2)n(-c2nc(-c3cccc4[nH]ccc34)nc(N3CCOCC3)n2)n1. The number of alkyl halides is 3. The van der Waals surface area contributed by atoms with Crippen LogP contribution in [0.2, 0.25) is 0 Å². The van der Waals surface area contributed by atoms with Crippen molar-refractivity contribution in [2.24, 2.45) is 0 Å². The molecule has 5 aromatic rings. The van der Waals surface area contributed by atoms with Gasteiger partial charge in [0, 0.05) is 41.3 Å². The number of aromatic nitrogens is 6. The number of nitrogens with one attached hydrogen (secondary N) is 1. The van der Waals surface area contributed by atoms with Gasteiger partial charge in [-0.15, -0.1) is 0 Å². The Hall–Kier alpha value is -4.25. The van der Waals surface area contributed by atoms with Gasteiger partial charge in [0.1, 0.15) is 0 Å². The highest BCUT2D eigenvalue weighted by atomic mass is 19.4. The Morgan fingerprint density at radius 2 is 1.64 bits per heavy atom. The summed E-state index contributed by atoms with van der Waals surface area (Å²) in [5.74, 6) is 0.701. The number of hydrogen-bond acceptors (Lipinski definition) is 6. The third-order valence-electron chi connectivity index (χ3n) is 6.00. The molecule has 0 unspecified atom stereocenters. The number of ether oxygens (including phenoxy) is 1. The van der Waals surface area contributed by atoms with Gasteiger partial charge in [-0.25, -0.2) is 0 Å². The van der Waals surface area contributed by atoms with E-state index in [9.17, 15) is 13.2 Å². The first kappa shape index (κ1) is 22.2. The number of H-pyrrole nitrogens is 1. The summed E-state index contributed by atoms with van der Waals surface area (Å²) in [7, 11) is 0. The van der Waals surface area contributed by atoms with Crippen LogP contribution in [0.15, 0.2) is 66.9 Å². The summed E-state index contributed by atoms with van der Waals surface area (Å²) in [6, 6.07) is 17.4. The van der Waals surface area contributed by atoms with Gasteiger partial charge < -0.3 is 14.6 Å². The zero-order valence-corrected chi connectivity index (χ0v) is 18.9. The second-order valence-corrected chi connectivity index (χ2v) is 8.29. The molecular weight excluding hydrogens is 471 g/mol. The quantitative estimate of drug-likeness (QED) is 0.391. The average Bonchev–Trinajstić information content (AvgIpc) is 3.57. The van der Waals surface area contributed by atoms with Gasteiger partial charge in [0.25, 0.3) is 5.95 Å². The number of hydrogen-bond donors (Lipinski definition) is 1. The topological polar surface area (TPSA) is 84.8 Å². The smallest absolute Gasteiger partial charge is 0.378 e. The van der Waals surface area contributed by atoms with Crippen molar-refractivity contribution in [3.63, 3.8) is 0 Å². The van der Waals surface area contributed by atoms with Crippen molar-refractivity contribution in [2.75, 3.05) is 31.2 Å². The minimum Gasteiger partial charge on any atom is -0.378 e. The van der Waals surface area contributed by atoms with Crippen molar-refractivity contribution in [1.82, 2.24) is 29.7 Å². The molecule has 3 aromatic heterocycles. The molecule has 1 fully saturated rings. The number of aromatic amines is 1. The summed E-state index contributed by atoms with van der Waals surface area (Å²) >= 11 is 0. The summed E-state index contributed by atoms with van der Waals surface area (Å²) < 4.78 is 47.7. The fourth-order valence-corrected chi connectivity index (χ4v) is 4.24. The summed E-state index contributed by atoms with van der Waals surface area (Å²) in [5, 5.41) is 4.78. The largest absolute Gasteiger partial charge is 0.435 e. The van der Waals surface area contributed by atoms with E-state index < -0.39 is 11.9 Å². The molecular formula is C25H20F3N7O. The van der Waals surface area contributed by atoms with Gasteiger partial charge >= 0.3 is 6.18 Å². The maximum atomic E-state index is 13.7. The lowest BCUT2D eigenvalue weighted by Gasteiger charge is -2.27. The minimum absolute atomic E-state index is 0.00313. The van der Waals surface area contributed by atoms with Gasteiger partial charge in [-0.05, 0) is 18.2 Å². The van der Waals surface area contributed by atoms with E-state index in [-0.39, 0.29) is 11.6 Å². The summed E-state index contributed by atoms with van der Waals surface area (Å²) in [6.07, 6.45) is -2.82. The first-order valence-corrected chi connectivity index (χ1v) is 11.4. The monoisotopic (exact) mass is 491 g/mol. The maximum absolute atomic E-state index is 13.7. The first-order chi connectivity index (χ1) is 17.5. The average molecular weight is 491 g/mol. The van der Waals surface area contributed by atoms with Crippen molar-refractivity contribution in [3.8, 4) is 28.6 Å². The molecule has 4 heterocycles. The highest BCUT2D eigenvalue weighted by Gasteiger charge is 2.36. The Bertz CT molecular complexity index is 1520.